The molecule has 6 nitrogen and oxygen atoms in total. The van der Waals surface area contributed by atoms with E-state index in [0.29, 0.717) is 24.6 Å². The Morgan fingerprint density at radius 3 is 2.52 bits per heavy atom. The van der Waals surface area contributed by atoms with Crippen molar-refractivity contribution in [1.29, 1.82) is 0 Å². The minimum atomic E-state index is -0.120. The highest BCUT2D eigenvalue weighted by atomic mass is 16.2. The van der Waals surface area contributed by atoms with Crippen molar-refractivity contribution in [2.45, 2.75) is 20.4 Å². The van der Waals surface area contributed by atoms with Crippen molar-refractivity contribution in [1.82, 2.24) is 19.9 Å². The monoisotopic (exact) mass is 285 g/mol. The molecule has 0 aliphatic carbocycles. The third-order valence-corrected chi connectivity index (χ3v) is 3.02. The van der Waals surface area contributed by atoms with Gasteiger partial charge in [-0.15, -0.1) is 0 Å². The number of aromatic nitrogens is 3. The van der Waals surface area contributed by atoms with Crippen LogP contribution in [0.2, 0.25) is 0 Å². The van der Waals surface area contributed by atoms with Gasteiger partial charge in [0.05, 0.1) is 12.4 Å². The van der Waals surface area contributed by atoms with Crippen LogP contribution in [0.1, 0.15) is 29.9 Å². The number of carbonyl (C=O) groups is 1. The van der Waals surface area contributed by atoms with Crippen LogP contribution in [0.25, 0.3) is 0 Å². The molecule has 1 N–H and O–H groups in total. The van der Waals surface area contributed by atoms with E-state index in [4.69, 9.17) is 0 Å². The molecule has 0 unspecified atom stereocenters. The van der Waals surface area contributed by atoms with Gasteiger partial charge in [0.15, 0.2) is 0 Å². The highest BCUT2D eigenvalue weighted by Gasteiger charge is 2.16. The van der Waals surface area contributed by atoms with Crippen LogP contribution in [-0.4, -0.2) is 38.8 Å². The van der Waals surface area contributed by atoms with E-state index in [1.54, 1.807) is 23.5 Å². The SMILES string of the molecule is CCNc1cnc(C(=O)N(CC)Cc2ccncc2)cn1. The average Bonchev–Trinajstić information content (AvgIpc) is 2.54. The molecule has 2 rings (SSSR count). The van der Waals surface area contributed by atoms with E-state index in [2.05, 4.69) is 20.3 Å². The summed E-state index contributed by atoms with van der Waals surface area (Å²) >= 11 is 0. The quantitative estimate of drug-likeness (QED) is 0.878. The van der Waals surface area contributed by atoms with Crippen LogP contribution in [0.15, 0.2) is 36.9 Å². The van der Waals surface area contributed by atoms with Gasteiger partial charge < -0.3 is 10.2 Å². The zero-order valence-electron chi connectivity index (χ0n) is 12.3. The Bertz CT molecular complexity index is 570. The summed E-state index contributed by atoms with van der Waals surface area (Å²) in [5.41, 5.74) is 1.39. The molecule has 110 valence electrons. The first kappa shape index (κ1) is 14.9. The van der Waals surface area contributed by atoms with Gasteiger partial charge in [-0.25, -0.2) is 9.97 Å². The fourth-order valence-corrected chi connectivity index (χ4v) is 1.91. The molecule has 2 aromatic heterocycles. The van der Waals surface area contributed by atoms with Gasteiger partial charge in [0, 0.05) is 32.0 Å². The van der Waals surface area contributed by atoms with E-state index >= 15 is 0 Å². The molecule has 0 atom stereocenters. The third-order valence-electron chi connectivity index (χ3n) is 3.02. The Kier molecular flexibility index (Phi) is 5.20. The van der Waals surface area contributed by atoms with Gasteiger partial charge >= 0.3 is 0 Å². The Hall–Kier alpha value is -2.50. The minimum absolute atomic E-state index is 0.120. The van der Waals surface area contributed by atoms with E-state index in [1.165, 1.54) is 6.20 Å². The maximum Gasteiger partial charge on any atom is 0.274 e. The summed E-state index contributed by atoms with van der Waals surface area (Å²) in [7, 11) is 0. The van der Waals surface area contributed by atoms with Gasteiger partial charge in [-0.3, -0.25) is 9.78 Å². The van der Waals surface area contributed by atoms with Crippen molar-refractivity contribution in [3.63, 3.8) is 0 Å². The first-order chi connectivity index (χ1) is 10.2. The lowest BCUT2D eigenvalue weighted by molar-refractivity contribution is 0.0746. The molecule has 0 aliphatic heterocycles. The lowest BCUT2D eigenvalue weighted by Crippen LogP contribution is -2.31. The molecule has 0 radical (unpaired) electrons. The predicted octanol–water partition coefficient (Wildman–Crippen LogP) is 1.97. The summed E-state index contributed by atoms with van der Waals surface area (Å²) in [6, 6.07) is 3.80. The molecule has 2 aromatic rings. The van der Waals surface area contributed by atoms with Crippen molar-refractivity contribution < 1.29 is 4.79 Å². The Morgan fingerprint density at radius 1 is 1.19 bits per heavy atom. The van der Waals surface area contributed by atoms with Gasteiger partial charge in [-0.2, -0.15) is 0 Å². The molecule has 0 bridgehead atoms. The molecular weight excluding hydrogens is 266 g/mol. The second-order valence-electron chi connectivity index (χ2n) is 4.49. The van der Waals surface area contributed by atoms with Gasteiger partial charge in [-0.05, 0) is 31.5 Å². The molecule has 0 aromatic carbocycles. The standard InChI is InChI=1S/C15H19N5O/c1-3-17-14-10-18-13(9-19-14)15(21)20(4-2)11-12-5-7-16-8-6-12/h5-10H,3-4,11H2,1-2H3,(H,17,19). The Labute approximate surface area is 124 Å². The van der Waals surface area contributed by atoms with Crippen molar-refractivity contribution in [2.75, 3.05) is 18.4 Å². The first-order valence-electron chi connectivity index (χ1n) is 6.98. The van der Waals surface area contributed by atoms with Crippen LogP contribution < -0.4 is 5.32 Å². The van der Waals surface area contributed by atoms with Crippen molar-refractivity contribution in [3.8, 4) is 0 Å². The largest absolute Gasteiger partial charge is 0.369 e. The molecule has 0 saturated carbocycles. The van der Waals surface area contributed by atoms with E-state index in [0.717, 1.165) is 12.1 Å². The van der Waals surface area contributed by atoms with Crippen molar-refractivity contribution in [2.24, 2.45) is 0 Å². The summed E-state index contributed by atoms with van der Waals surface area (Å²) < 4.78 is 0. The van der Waals surface area contributed by atoms with E-state index in [-0.39, 0.29) is 5.91 Å². The van der Waals surface area contributed by atoms with E-state index < -0.39 is 0 Å². The lowest BCUT2D eigenvalue weighted by Gasteiger charge is -2.20. The summed E-state index contributed by atoms with van der Waals surface area (Å²) in [5, 5.41) is 3.05. The number of hydrogen-bond donors (Lipinski definition) is 1. The maximum absolute atomic E-state index is 12.4. The van der Waals surface area contributed by atoms with Crippen LogP contribution in [0.4, 0.5) is 5.82 Å². The number of rotatable bonds is 6. The van der Waals surface area contributed by atoms with Crippen molar-refractivity contribution >= 4 is 11.7 Å². The van der Waals surface area contributed by atoms with Gasteiger partial charge in [0.1, 0.15) is 11.5 Å². The average molecular weight is 285 g/mol. The smallest absolute Gasteiger partial charge is 0.274 e. The summed E-state index contributed by atoms with van der Waals surface area (Å²) in [5.74, 6) is 0.552. The number of anilines is 1. The minimum Gasteiger partial charge on any atom is -0.369 e. The maximum atomic E-state index is 12.4. The molecular formula is C15H19N5O. The molecule has 1 amide bonds. The summed E-state index contributed by atoms with van der Waals surface area (Å²) in [6.45, 7) is 5.84. The normalized spacial score (nSPS) is 10.2. The highest BCUT2D eigenvalue weighted by molar-refractivity contribution is 5.92. The Balaban J connectivity index is 2.08. The molecule has 2 heterocycles. The van der Waals surface area contributed by atoms with E-state index in [9.17, 15) is 4.79 Å². The number of hydrogen-bond acceptors (Lipinski definition) is 5. The number of nitrogens with zero attached hydrogens (tertiary/aromatic N) is 4. The molecule has 21 heavy (non-hydrogen) atoms. The van der Waals surface area contributed by atoms with Gasteiger partial charge in [0.25, 0.3) is 5.91 Å². The van der Waals surface area contributed by atoms with Crippen LogP contribution in [-0.2, 0) is 6.54 Å². The zero-order chi connectivity index (χ0) is 15.1. The van der Waals surface area contributed by atoms with Crippen molar-refractivity contribution in [3.05, 3.63) is 48.2 Å². The summed E-state index contributed by atoms with van der Waals surface area (Å²) in [6.07, 6.45) is 6.53. The Morgan fingerprint density at radius 2 is 1.95 bits per heavy atom. The number of nitrogens with one attached hydrogen (secondary N) is 1. The second-order valence-corrected chi connectivity index (χ2v) is 4.49. The molecule has 0 fully saturated rings. The molecule has 0 saturated heterocycles. The predicted molar refractivity (Wildman–Crippen MR) is 80.8 cm³/mol. The highest BCUT2D eigenvalue weighted by Crippen LogP contribution is 2.08. The van der Waals surface area contributed by atoms with E-state index in [1.807, 2.05) is 26.0 Å². The fourth-order valence-electron chi connectivity index (χ4n) is 1.91. The molecule has 0 spiro atoms. The topological polar surface area (TPSA) is 71.0 Å². The number of amides is 1. The van der Waals surface area contributed by atoms with Crippen LogP contribution in [0, 0.1) is 0 Å². The number of carbonyl (C=O) groups excluding carboxylic acids is 1. The molecule has 0 aliphatic rings. The van der Waals surface area contributed by atoms with Crippen LogP contribution in [0.5, 0.6) is 0 Å². The number of pyridine rings is 1. The lowest BCUT2D eigenvalue weighted by atomic mass is 10.2. The van der Waals surface area contributed by atoms with Crippen LogP contribution in [0.3, 0.4) is 0 Å². The zero-order valence-corrected chi connectivity index (χ0v) is 12.3. The summed E-state index contributed by atoms with van der Waals surface area (Å²) in [4.78, 5) is 26.5. The third kappa shape index (κ3) is 3.98. The van der Waals surface area contributed by atoms with Crippen LogP contribution >= 0.6 is 0 Å². The fraction of sp³-hybridized carbons (Fsp3) is 0.333. The van der Waals surface area contributed by atoms with Gasteiger partial charge in [0.2, 0.25) is 0 Å². The molecule has 6 heteroatoms. The second kappa shape index (κ2) is 7.33. The van der Waals surface area contributed by atoms with Gasteiger partial charge in [-0.1, -0.05) is 0 Å². The first-order valence-corrected chi connectivity index (χ1v) is 6.98.